The first-order valence-corrected chi connectivity index (χ1v) is 7.67. The lowest BCUT2D eigenvalue weighted by atomic mass is 9.86. The van der Waals surface area contributed by atoms with Crippen molar-refractivity contribution in [2.45, 2.75) is 25.7 Å². The van der Waals surface area contributed by atoms with Crippen molar-refractivity contribution in [3.05, 3.63) is 24.5 Å². The minimum Gasteiger partial charge on any atom is -0.310 e. The minimum absolute atomic E-state index is 0.196. The van der Waals surface area contributed by atoms with Gasteiger partial charge in [0.2, 0.25) is 5.91 Å². The Morgan fingerprint density at radius 3 is 3.00 bits per heavy atom. The van der Waals surface area contributed by atoms with Gasteiger partial charge in [-0.2, -0.15) is 0 Å². The molecule has 1 aromatic heterocycles. The molecule has 1 atom stereocenters. The molecule has 0 bridgehead atoms. The predicted molar refractivity (Wildman–Crippen MR) is 77.4 cm³/mol. The standard InChI is InChI=1S/C16H21N3O/c20-15-8-16(5-7-18(11-16)10-13-3-4-13)12-19(15)14-2-1-6-17-9-14/h1-2,6,9,13H,3-5,7-8,10-12H2. The van der Waals surface area contributed by atoms with Gasteiger partial charge in [0.15, 0.2) is 0 Å². The third kappa shape index (κ3) is 2.22. The molecule has 2 aliphatic heterocycles. The summed E-state index contributed by atoms with van der Waals surface area (Å²) in [7, 11) is 0. The van der Waals surface area contributed by atoms with E-state index in [1.165, 1.54) is 32.4 Å². The number of hydrogen-bond donors (Lipinski definition) is 0. The molecule has 0 N–H and O–H groups in total. The molecule has 1 amide bonds. The van der Waals surface area contributed by atoms with Gasteiger partial charge in [-0.15, -0.1) is 0 Å². The van der Waals surface area contributed by atoms with E-state index in [0.717, 1.165) is 24.7 Å². The molecule has 1 aromatic rings. The maximum absolute atomic E-state index is 12.4. The highest BCUT2D eigenvalue weighted by atomic mass is 16.2. The highest BCUT2D eigenvalue weighted by molar-refractivity contribution is 5.96. The van der Waals surface area contributed by atoms with Gasteiger partial charge in [0.05, 0.1) is 11.9 Å². The van der Waals surface area contributed by atoms with E-state index in [0.29, 0.717) is 6.42 Å². The highest BCUT2D eigenvalue weighted by Gasteiger charge is 2.48. The molecule has 20 heavy (non-hydrogen) atoms. The number of anilines is 1. The van der Waals surface area contributed by atoms with Gasteiger partial charge in [0, 0.05) is 37.7 Å². The first-order valence-electron chi connectivity index (χ1n) is 7.67. The van der Waals surface area contributed by atoms with Gasteiger partial charge < -0.3 is 9.80 Å². The Morgan fingerprint density at radius 1 is 1.35 bits per heavy atom. The van der Waals surface area contributed by atoms with E-state index in [1.54, 1.807) is 12.4 Å². The topological polar surface area (TPSA) is 36.4 Å². The molecule has 3 fully saturated rings. The van der Waals surface area contributed by atoms with Crippen LogP contribution in [-0.4, -0.2) is 42.0 Å². The molecule has 3 aliphatic rings. The third-order valence-corrected chi connectivity index (χ3v) is 5.01. The molecule has 4 heteroatoms. The van der Waals surface area contributed by atoms with E-state index < -0.39 is 0 Å². The number of carbonyl (C=O) groups is 1. The van der Waals surface area contributed by atoms with Crippen LogP contribution in [0.15, 0.2) is 24.5 Å². The normalized spacial score (nSPS) is 30.6. The Hall–Kier alpha value is -1.42. The lowest BCUT2D eigenvalue weighted by Gasteiger charge is -2.24. The average molecular weight is 271 g/mol. The van der Waals surface area contributed by atoms with E-state index >= 15 is 0 Å². The fraction of sp³-hybridized carbons (Fsp3) is 0.625. The Bertz CT molecular complexity index is 514. The number of rotatable bonds is 3. The number of hydrogen-bond acceptors (Lipinski definition) is 3. The summed E-state index contributed by atoms with van der Waals surface area (Å²) in [6.07, 6.45) is 8.25. The smallest absolute Gasteiger partial charge is 0.227 e. The van der Waals surface area contributed by atoms with Crippen molar-refractivity contribution in [2.24, 2.45) is 11.3 Å². The summed E-state index contributed by atoms with van der Waals surface area (Å²) in [6.45, 7) is 4.40. The number of nitrogens with zero attached hydrogens (tertiary/aromatic N) is 3. The molecule has 4 rings (SSSR count). The Labute approximate surface area is 119 Å². The summed E-state index contributed by atoms with van der Waals surface area (Å²) in [6, 6.07) is 3.89. The van der Waals surface area contributed by atoms with Gasteiger partial charge in [-0.1, -0.05) is 0 Å². The zero-order chi connectivity index (χ0) is 13.6. The van der Waals surface area contributed by atoms with Crippen molar-refractivity contribution in [1.29, 1.82) is 0 Å². The van der Waals surface area contributed by atoms with Crippen molar-refractivity contribution in [3.8, 4) is 0 Å². The second-order valence-electron chi connectivity index (χ2n) is 6.80. The van der Waals surface area contributed by atoms with Crippen molar-refractivity contribution < 1.29 is 4.79 Å². The van der Waals surface area contributed by atoms with Crippen LogP contribution in [0.4, 0.5) is 5.69 Å². The van der Waals surface area contributed by atoms with Crippen LogP contribution < -0.4 is 4.90 Å². The molecule has 106 valence electrons. The van der Waals surface area contributed by atoms with Crippen LogP contribution in [0.3, 0.4) is 0 Å². The summed E-state index contributed by atoms with van der Waals surface area (Å²) in [5.74, 6) is 1.21. The summed E-state index contributed by atoms with van der Waals surface area (Å²) in [5.41, 5.74) is 1.15. The Kier molecular flexibility index (Phi) is 2.81. The van der Waals surface area contributed by atoms with Crippen molar-refractivity contribution in [2.75, 3.05) is 31.1 Å². The summed E-state index contributed by atoms with van der Waals surface area (Å²) >= 11 is 0. The molecule has 0 aromatic carbocycles. The first kappa shape index (κ1) is 12.3. The average Bonchev–Trinajstić information content (AvgIpc) is 3.10. The Morgan fingerprint density at radius 2 is 2.25 bits per heavy atom. The second kappa shape index (κ2) is 4.55. The largest absolute Gasteiger partial charge is 0.310 e. The van der Waals surface area contributed by atoms with E-state index in [4.69, 9.17) is 0 Å². The van der Waals surface area contributed by atoms with Gasteiger partial charge >= 0.3 is 0 Å². The van der Waals surface area contributed by atoms with Gasteiger partial charge in [0.25, 0.3) is 0 Å². The second-order valence-corrected chi connectivity index (χ2v) is 6.80. The molecule has 1 aliphatic carbocycles. The third-order valence-electron chi connectivity index (χ3n) is 5.01. The Balaban J connectivity index is 1.47. The number of likely N-dealkylation sites (tertiary alicyclic amines) is 1. The van der Waals surface area contributed by atoms with E-state index in [9.17, 15) is 4.79 Å². The molecular weight excluding hydrogens is 250 g/mol. The monoisotopic (exact) mass is 271 g/mol. The van der Waals surface area contributed by atoms with Crippen LogP contribution in [-0.2, 0) is 4.79 Å². The molecule has 4 nitrogen and oxygen atoms in total. The van der Waals surface area contributed by atoms with Crippen molar-refractivity contribution in [3.63, 3.8) is 0 Å². The zero-order valence-corrected chi connectivity index (χ0v) is 11.8. The van der Waals surface area contributed by atoms with Crippen molar-refractivity contribution >= 4 is 11.6 Å². The molecule has 2 saturated heterocycles. The van der Waals surface area contributed by atoms with Crippen LogP contribution in [0.25, 0.3) is 0 Å². The van der Waals surface area contributed by atoms with Gasteiger partial charge in [-0.25, -0.2) is 0 Å². The maximum Gasteiger partial charge on any atom is 0.227 e. The SMILES string of the molecule is O=C1CC2(CCN(CC3CC3)C2)CN1c1cccnc1. The molecule has 0 radical (unpaired) electrons. The summed E-state index contributed by atoms with van der Waals surface area (Å²) in [5, 5.41) is 0. The quantitative estimate of drug-likeness (QED) is 0.842. The summed E-state index contributed by atoms with van der Waals surface area (Å²) in [4.78, 5) is 21.0. The zero-order valence-electron chi connectivity index (χ0n) is 11.8. The fourth-order valence-electron chi connectivity index (χ4n) is 3.77. The predicted octanol–water partition coefficient (Wildman–Crippen LogP) is 1.92. The van der Waals surface area contributed by atoms with Gasteiger partial charge in [0.1, 0.15) is 0 Å². The fourth-order valence-corrected chi connectivity index (χ4v) is 3.77. The lowest BCUT2D eigenvalue weighted by molar-refractivity contribution is -0.117. The number of pyridine rings is 1. The van der Waals surface area contributed by atoms with E-state index in [-0.39, 0.29) is 11.3 Å². The number of carbonyl (C=O) groups excluding carboxylic acids is 1. The van der Waals surface area contributed by atoms with Crippen LogP contribution in [0.1, 0.15) is 25.7 Å². The van der Waals surface area contributed by atoms with Gasteiger partial charge in [-0.3, -0.25) is 9.78 Å². The van der Waals surface area contributed by atoms with E-state index in [2.05, 4.69) is 9.88 Å². The highest BCUT2D eigenvalue weighted by Crippen LogP contribution is 2.43. The molecule has 1 spiro atoms. The van der Waals surface area contributed by atoms with Crippen LogP contribution in [0.2, 0.25) is 0 Å². The number of amides is 1. The maximum atomic E-state index is 12.4. The lowest BCUT2D eigenvalue weighted by Crippen LogP contribution is -2.32. The van der Waals surface area contributed by atoms with Gasteiger partial charge in [-0.05, 0) is 43.9 Å². The number of aromatic nitrogens is 1. The molecule has 1 saturated carbocycles. The molecule has 1 unspecified atom stereocenters. The van der Waals surface area contributed by atoms with Crippen LogP contribution in [0, 0.1) is 11.3 Å². The molecule has 3 heterocycles. The van der Waals surface area contributed by atoms with E-state index in [1.807, 2.05) is 17.0 Å². The minimum atomic E-state index is 0.196. The molecular formula is C16H21N3O. The first-order chi connectivity index (χ1) is 9.74. The van der Waals surface area contributed by atoms with Crippen molar-refractivity contribution in [1.82, 2.24) is 9.88 Å². The van der Waals surface area contributed by atoms with Crippen LogP contribution >= 0.6 is 0 Å². The van der Waals surface area contributed by atoms with Crippen LogP contribution in [0.5, 0.6) is 0 Å². The summed E-state index contributed by atoms with van der Waals surface area (Å²) < 4.78 is 0.